The topological polar surface area (TPSA) is 55.2 Å². The number of halogens is 1. The van der Waals surface area contributed by atoms with Crippen LogP contribution < -0.4 is 5.32 Å². The van der Waals surface area contributed by atoms with Crippen LogP contribution in [-0.2, 0) is 0 Å². The van der Waals surface area contributed by atoms with Gasteiger partial charge in [0.15, 0.2) is 0 Å². The molecule has 0 saturated carbocycles. The van der Waals surface area contributed by atoms with E-state index in [-0.39, 0.29) is 6.04 Å². The second-order valence-electron chi connectivity index (χ2n) is 5.15. The summed E-state index contributed by atoms with van der Waals surface area (Å²) in [5.74, 6) is -0.829. The lowest BCUT2D eigenvalue weighted by Gasteiger charge is -2.18. The average Bonchev–Trinajstić information content (AvgIpc) is 2.40. The van der Waals surface area contributed by atoms with E-state index in [1.54, 1.807) is 0 Å². The number of anilines is 1. The summed E-state index contributed by atoms with van der Waals surface area (Å²) in [6.45, 7) is 6.01. The van der Waals surface area contributed by atoms with Crippen LogP contribution in [-0.4, -0.2) is 4.92 Å². The molecule has 2 aromatic rings. The Kier molecular flexibility index (Phi) is 4.21. The Bertz CT molecular complexity index is 686. The van der Waals surface area contributed by atoms with Gasteiger partial charge >= 0.3 is 5.69 Å². The third-order valence-electron chi connectivity index (χ3n) is 3.42. The first kappa shape index (κ1) is 15.0. The summed E-state index contributed by atoms with van der Waals surface area (Å²) < 4.78 is 13.3. The molecule has 0 aromatic heterocycles. The Labute approximate surface area is 122 Å². The predicted molar refractivity (Wildman–Crippen MR) is 81.0 cm³/mol. The smallest absolute Gasteiger partial charge is 0.306 e. The monoisotopic (exact) mass is 288 g/mol. The molecule has 0 radical (unpaired) electrons. The van der Waals surface area contributed by atoms with E-state index in [2.05, 4.69) is 11.4 Å². The first-order valence-electron chi connectivity index (χ1n) is 6.66. The Hall–Kier alpha value is -2.43. The number of nitrogens with one attached hydrogen (secondary N) is 1. The molecular formula is C16H17FN2O2. The van der Waals surface area contributed by atoms with Crippen molar-refractivity contribution in [1.29, 1.82) is 0 Å². The van der Waals surface area contributed by atoms with Crippen LogP contribution in [0.1, 0.15) is 29.7 Å². The predicted octanol–water partition coefficient (Wildman–Crippen LogP) is 4.52. The van der Waals surface area contributed by atoms with Gasteiger partial charge in [-0.25, -0.2) is 0 Å². The average molecular weight is 288 g/mol. The molecule has 110 valence electrons. The second kappa shape index (κ2) is 5.91. The number of nitro benzene ring substituents is 1. The molecule has 0 fully saturated rings. The molecule has 1 N–H and O–H groups in total. The van der Waals surface area contributed by atoms with Crippen molar-refractivity contribution in [3.05, 3.63) is 69.0 Å². The van der Waals surface area contributed by atoms with Gasteiger partial charge in [0, 0.05) is 17.8 Å². The SMILES string of the molecule is Cc1ccc(C(C)Nc2ccc(F)c([N+](=O)[O-])c2)c(C)c1. The largest absolute Gasteiger partial charge is 0.378 e. The van der Waals surface area contributed by atoms with E-state index >= 15 is 0 Å². The van der Waals surface area contributed by atoms with Crippen molar-refractivity contribution in [2.45, 2.75) is 26.8 Å². The van der Waals surface area contributed by atoms with Gasteiger partial charge < -0.3 is 5.32 Å². The van der Waals surface area contributed by atoms with Crippen molar-refractivity contribution in [2.75, 3.05) is 5.32 Å². The first-order chi connectivity index (χ1) is 9.88. The van der Waals surface area contributed by atoms with Crippen LogP contribution in [0.4, 0.5) is 15.8 Å². The van der Waals surface area contributed by atoms with Crippen LogP contribution in [0.5, 0.6) is 0 Å². The molecule has 5 heteroatoms. The molecule has 1 unspecified atom stereocenters. The Morgan fingerprint density at radius 2 is 1.90 bits per heavy atom. The van der Waals surface area contributed by atoms with Crippen molar-refractivity contribution < 1.29 is 9.31 Å². The molecule has 0 aliphatic carbocycles. The van der Waals surface area contributed by atoms with Crippen LogP contribution >= 0.6 is 0 Å². The van der Waals surface area contributed by atoms with E-state index in [4.69, 9.17) is 0 Å². The van der Waals surface area contributed by atoms with E-state index < -0.39 is 16.4 Å². The third-order valence-corrected chi connectivity index (χ3v) is 3.42. The minimum atomic E-state index is -0.829. The summed E-state index contributed by atoms with van der Waals surface area (Å²) in [5, 5.41) is 13.9. The van der Waals surface area contributed by atoms with Crippen molar-refractivity contribution in [1.82, 2.24) is 0 Å². The number of rotatable bonds is 4. The summed E-state index contributed by atoms with van der Waals surface area (Å²) >= 11 is 0. The fourth-order valence-electron chi connectivity index (χ4n) is 2.38. The molecule has 0 amide bonds. The molecular weight excluding hydrogens is 271 g/mol. The van der Waals surface area contributed by atoms with Crippen LogP contribution in [0.3, 0.4) is 0 Å². The third kappa shape index (κ3) is 3.37. The lowest BCUT2D eigenvalue weighted by Crippen LogP contribution is -2.08. The summed E-state index contributed by atoms with van der Waals surface area (Å²) in [5.41, 5.74) is 3.43. The molecule has 0 bridgehead atoms. The summed E-state index contributed by atoms with van der Waals surface area (Å²) in [7, 11) is 0. The molecule has 0 saturated heterocycles. The highest BCUT2D eigenvalue weighted by atomic mass is 19.1. The minimum absolute atomic E-state index is 0.0318. The number of aryl methyl sites for hydroxylation is 2. The molecule has 2 rings (SSSR count). The second-order valence-corrected chi connectivity index (χ2v) is 5.15. The van der Waals surface area contributed by atoms with Gasteiger partial charge in [-0.3, -0.25) is 10.1 Å². The molecule has 0 spiro atoms. The zero-order chi connectivity index (χ0) is 15.6. The van der Waals surface area contributed by atoms with Crippen molar-refractivity contribution >= 4 is 11.4 Å². The fourth-order valence-corrected chi connectivity index (χ4v) is 2.38. The quantitative estimate of drug-likeness (QED) is 0.664. The molecule has 1 atom stereocenters. The molecule has 0 aliphatic heterocycles. The van der Waals surface area contributed by atoms with Crippen molar-refractivity contribution in [3.63, 3.8) is 0 Å². The van der Waals surface area contributed by atoms with Gasteiger partial charge in [0.25, 0.3) is 0 Å². The number of nitrogens with zero attached hydrogens (tertiary/aromatic N) is 1. The van der Waals surface area contributed by atoms with Gasteiger partial charge in [-0.1, -0.05) is 23.8 Å². The number of nitro groups is 1. The van der Waals surface area contributed by atoms with E-state index in [0.717, 1.165) is 17.2 Å². The van der Waals surface area contributed by atoms with Gasteiger partial charge in [-0.2, -0.15) is 4.39 Å². The van der Waals surface area contributed by atoms with Crippen LogP contribution in [0.15, 0.2) is 36.4 Å². The standard InChI is InChI=1S/C16H17FN2O2/c1-10-4-6-14(11(2)8-10)12(3)18-13-5-7-15(17)16(9-13)19(20)21/h4-9,12,18H,1-3H3. The van der Waals surface area contributed by atoms with Gasteiger partial charge in [0.2, 0.25) is 5.82 Å². The maximum Gasteiger partial charge on any atom is 0.306 e. The number of hydrogen-bond donors (Lipinski definition) is 1. The van der Waals surface area contributed by atoms with Gasteiger partial charge in [0.05, 0.1) is 4.92 Å². The van der Waals surface area contributed by atoms with Crippen LogP contribution in [0.25, 0.3) is 0 Å². The van der Waals surface area contributed by atoms with Gasteiger partial charge in [0.1, 0.15) is 0 Å². The van der Waals surface area contributed by atoms with Crippen LogP contribution in [0, 0.1) is 29.8 Å². The van der Waals surface area contributed by atoms with Crippen molar-refractivity contribution in [2.24, 2.45) is 0 Å². The fraction of sp³-hybridized carbons (Fsp3) is 0.250. The normalized spacial score (nSPS) is 12.0. The lowest BCUT2D eigenvalue weighted by atomic mass is 10.00. The number of hydrogen-bond acceptors (Lipinski definition) is 3. The highest BCUT2D eigenvalue weighted by Gasteiger charge is 2.16. The molecule has 0 aliphatic rings. The molecule has 21 heavy (non-hydrogen) atoms. The van der Waals surface area contributed by atoms with Gasteiger partial charge in [-0.05, 0) is 44.0 Å². The summed E-state index contributed by atoms with van der Waals surface area (Å²) in [6.07, 6.45) is 0. The molecule has 4 nitrogen and oxygen atoms in total. The van der Waals surface area contributed by atoms with E-state index in [0.29, 0.717) is 5.69 Å². The van der Waals surface area contributed by atoms with E-state index in [1.165, 1.54) is 17.7 Å². The van der Waals surface area contributed by atoms with E-state index in [9.17, 15) is 14.5 Å². The van der Waals surface area contributed by atoms with Crippen LogP contribution in [0.2, 0.25) is 0 Å². The van der Waals surface area contributed by atoms with Crippen molar-refractivity contribution in [3.8, 4) is 0 Å². The summed E-state index contributed by atoms with van der Waals surface area (Å²) in [4.78, 5) is 10.0. The highest BCUT2D eigenvalue weighted by molar-refractivity contribution is 5.53. The molecule has 0 heterocycles. The number of benzene rings is 2. The maximum atomic E-state index is 13.3. The first-order valence-corrected chi connectivity index (χ1v) is 6.66. The lowest BCUT2D eigenvalue weighted by molar-refractivity contribution is -0.387. The molecule has 2 aromatic carbocycles. The Balaban J connectivity index is 2.25. The Morgan fingerprint density at radius 3 is 2.52 bits per heavy atom. The minimum Gasteiger partial charge on any atom is -0.378 e. The maximum absolute atomic E-state index is 13.3. The zero-order valence-corrected chi connectivity index (χ0v) is 12.2. The Morgan fingerprint density at radius 1 is 1.19 bits per heavy atom. The highest BCUT2D eigenvalue weighted by Crippen LogP contribution is 2.26. The van der Waals surface area contributed by atoms with E-state index in [1.807, 2.05) is 32.9 Å². The summed E-state index contributed by atoms with van der Waals surface area (Å²) in [6, 6.07) is 9.93. The van der Waals surface area contributed by atoms with Gasteiger partial charge in [-0.15, -0.1) is 0 Å². The zero-order valence-electron chi connectivity index (χ0n) is 12.2.